The van der Waals surface area contributed by atoms with Crippen LogP contribution in [-0.2, 0) is 6.54 Å². The number of hydrogen-bond acceptors (Lipinski definition) is 2. The second kappa shape index (κ2) is 7.22. The lowest BCUT2D eigenvalue weighted by atomic mass is 10.2. The highest BCUT2D eigenvalue weighted by Gasteiger charge is 2.27. The largest absolute Gasteiger partial charge is 0.491 e. The SMILES string of the molecule is CCNCc1cc(Cl)cc(Cl)c1OCCC(F)(F)F. The fourth-order valence-corrected chi connectivity index (χ4v) is 2.03. The molecule has 7 heteroatoms. The van der Waals surface area contributed by atoms with Crippen LogP contribution < -0.4 is 10.1 Å². The van der Waals surface area contributed by atoms with Gasteiger partial charge in [0.25, 0.3) is 0 Å². The summed E-state index contributed by atoms with van der Waals surface area (Å²) >= 11 is 11.8. The van der Waals surface area contributed by atoms with Gasteiger partial charge in [0, 0.05) is 17.1 Å². The molecule has 1 N–H and O–H groups in total. The average molecular weight is 316 g/mol. The molecule has 0 aliphatic heterocycles. The molecule has 0 radical (unpaired) electrons. The first-order chi connectivity index (χ1) is 8.83. The summed E-state index contributed by atoms with van der Waals surface area (Å²) in [6.07, 6.45) is -5.27. The van der Waals surface area contributed by atoms with Crippen molar-refractivity contribution >= 4 is 23.2 Å². The quantitative estimate of drug-likeness (QED) is 0.838. The normalized spacial score (nSPS) is 11.7. The molecule has 0 aliphatic carbocycles. The number of halogens is 5. The van der Waals surface area contributed by atoms with Crippen molar-refractivity contribution in [1.29, 1.82) is 0 Å². The summed E-state index contributed by atoms with van der Waals surface area (Å²) in [6.45, 7) is 2.59. The van der Waals surface area contributed by atoms with Gasteiger partial charge in [-0.05, 0) is 18.7 Å². The summed E-state index contributed by atoms with van der Waals surface area (Å²) in [7, 11) is 0. The van der Waals surface area contributed by atoms with Crippen molar-refractivity contribution in [3.8, 4) is 5.75 Å². The lowest BCUT2D eigenvalue weighted by Crippen LogP contribution is -2.16. The van der Waals surface area contributed by atoms with E-state index < -0.39 is 19.2 Å². The fourth-order valence-electron chi connectivity index (χ4n) is 1.44. The molecule has 0 unspecified atom stereocenters. The summed E-state index contributed by atoms with van der Waals surface area (Å²) in [5.41, 5.74) is 0.640. The van der Waals surface area contributed by atoms with Gasteiger partial charge < -0.3 is 10.1 Å². The van der Waals surface area contributed by atoms with Crippen molar-refractivity contribution in [2.24, 2.45) is 0 Å². The molecule has 0 heterocycles. The molecule has 0 saturated carbocycles. The van der Waals surface area contributed by atoms with E-state index in [1.807, 2.05) is 6.92 Å². The molecule has 0 amide bonds. The van der Waals surface area contributed by atoms with Gasteiger partial charge in [0.05, 0.1) is 18.1 Å². The third-order valence-electron chi connectivity index (χ3n) is 2.28. The van der Waals surface area contributed by atoms with E-state index in [-0.39, 0.29) is 10.8 Å². The molecule has 1 rings (SSSR count). The average Bonchev–Trinajstić information content (AvgIpc) is 2.27. The van der Waals surface area contributed by atoms with E-state index in [2.05, 4.69) is 5.32 Å². The van der Waals surface area contributed by atoms with Gasteiger partial charge in [-0.3, -0.25) is 0 Å². The Kier molecular flexibility index (Phi) is 6.23. The van der Waals surface area contributed by atoms with E-state index in [4.69, 9.17) is 27.9 Å². The van der Waals surface area contributed by atoms with Crippen LogP contribution in [0.4, 0.5) is 13.2 Å². The molecule has 1 aromatic carbocycles. The molecule has 2 nitrogen and oxygen atoms in total. The minimum atomic E-state index is -4.25. The molecular weight excluding hydrogens is 302 g/mol. The van der Waals surface area contributed by atoms with Crippen LogP contribution in [0.15, 0.2) is 12.1 Å². The number of benzene rings is 1. The van der Waals surface area contributed by atoms with Crippen molar-refractivity contribution < 1.29 is 17.9 Å². The van der Waals surface area contributed by atoms with Gasteiger partial charge in [0.2, 0.25) is 0 Å². The molecule has 108 valence electrons. The minimum absolute atomic E-state index is 0.211. The van der Waals surface area contributed by atoms with E-state index in [1.165, 1.54) is 6.07 Å². The highest BCUT2D eigenvalue weighted by Crippen LogP contribution is 2.33. The summed E-state index contributed by atoms with van der Waals surface area (Å²) in [6, 6.07) is 3.07. The Morgan fingerprint density at radius 1 is 1.26 bits per heavy atom. The van der Waals surface area contributed by atoms with E-state index in [1.54, 1.807) is 6.07 Å². The zero-order chi connectivity index (χ0) is 14.5. The summed E-state index contributed by atoms with van der Waals surface area (Å²) in [5.74, 6) is 0.247. The molecule has 0 atom stereocenters. The first-order valence-corrected chi connectivity index (χ1v) is 6.47. The van der Waals surface area contributed by atoms with Crippen molar-refractivity contribution in [1.82, 2.24) is 5.32 Å². The van der Waals surface area contributed by atoms with Crippen LogP contribution >= 0.6 is 23.2 Å². The van der Waals surface area contributed by atoms with Crippen molar-refractivity contribution in [2.45, 2.75) is 26.1 Å². The fraction of sp³-hybridized carbons (Fsp3) is 0.500. The van der Waals surface area contributed by atoms with E-state index in [9.17, 15) is 13.2 Å². The molecule has 0 saturated heterocycles. The van der Waals surface area contributed by atoms with Gasteiger partial charge >= 0.3 is 6.18 Å². The maximum atomic E-state index is 12.1. The van der Waals surface area contributed by atoms with Crippen LogP contribution in [0.5, 0.6) is 5.75 Å². The molecule has 0 aromatic heterocycles. The topological polar surface area (TPSA) is 21.3 Å². The number of hydrogen-bond donors (Lipinski definition) is 1. The summed E-state index contributed by atoms with van der Waals surface area (Å²) in [5, 5.41) is 3.67. The van der Waals surface area contributed by atoms with E-state index >= 15 is 0 Å². The van der Waals surface area contributed by atoms with Crippen molar-refractivity contribution in [3.05, 3.63) is 27.7 Å². The Labute approximate surface area is 119 Å². The minimum Gasteiger partial charge on any atom is -0.491 e. The Morgan fingerprint density at radius 3 is 2.53 bits per heavy atom. The van der Waals surface area contributed by atoms with Crippen molar-refractivity contribution in [2.75, 3.05) is 13.2 Å². The van der Waals surface area contributed by atoms with Crippen LogP contribution in [-0.4, -0.2) is 19.3 Å². The van der Waals surface area contributed by atoms with Gasteiger partial charge in [0.1, 0.15) is 5.75 Å². The maximum Gasteiger partial charge on any atom is 0.392 e. The summed E-state index contributed by atoms with van der Waals surface area (Å²) < 4.78 is 41.4. The van der Waals surface area contributed by atoms with Gasteiger partial charge in [-0.1, -0.05) is 30.1 Å². The predicted octanol–water partition coefficient (Wildman–Crippen LogP) is 4.43. The van der Waals surface area contributed by atoms with Crippen LogP contribution in [0, 0.1) is 0 Å². The van der Waals surface area contributed by atoms with Crippen LogP contribution in [0.1, 0.15) is 18.9 Å². The standard InChI is InChI=1S/C12H14Cl2F3NO/c1-2-18-7-8-5-9(13)6-10(14)11(8)19-4-3-12(15,16)17/h5-6,18H,2-4,7H2,1H3. The van der Waals surface area contributed by atoms with E-state index in [0.29, 0.717) is 23.7 Å². The summed E-state index contributed by atoms with van der Waals surface area (Å²) in [4.78, 5) is 0. The van der Waals surface area contributed by atoms with Gasteiger partial charge in [-0.15, -0.1) is 0 Å². The number of nitrogens with one attached hydrogen (secondary N) is 1. The zero-order valence-corrected chi connectivity index (χ0v) is 11.8. The third-order valence-corrected chi connectivity index (χ3v) is 2.78. The molecule has 1 aromatic rings. The highest BCUT2D eigenvalue weighted by molar-refractivity contribution is 6.35. The predicted molar refractivity (Wildman–Crippen MR) is 70.0 cm³/mol. The number of ether oxygens (including phenoxy) is 1. The van der Waals surface area contributed by atoms with Gasteiger partial charge in [-0.2, -0.15) is 13.2 Å². The molecule has 0 spiro atoms. The smallest absolute Gasteiger partial charge is 0.392 e. The second-order valence-electron chi connectivity index (χ2n) is 3.87. The monoisotopic (exact) mass is 315 g/mol. The maximum absolute atomic E-state index is 12.1. The Bertz CT molecular complexity index is 424. The first-order valence-electron chi connectivity index (χ1n) is 5.71. The van der Waals surface area contributed by atoms with Gasteiger partial charge in [0.15, 0.2) is 0 Å². The lowest BCUT2D eigenvalue weighted by Gasteiger charge is -2.15. The lowest BCUT2D eigenvalue weighted by molar-refractivity contribution is -0.139. The van der Waals surface area contributed by atoms with Gasteiger partial charge in [-0.25, -0.2) is 0 Å². The Balaban J connectivity index is 2.79. The first kappa shape index (κ1) is 16.4. The molecule has 0 fully saturated rings. The zero-order valence-electron chi connectivity index (χ0n) is 10.3. The molecule has 0 aliphatic rings. The van der Waals surface area contributed by atoms with Crippen molar-refractivity contribution in [3.63, 3.8) is 0 Å². The van der Waals surface area contributed by atoms with Crippen LogP contribution in [0.25, 0.3) is 0 Å². The third kappa shape index (κ3) is 5.89. The molecule has 19 heavy (non-hydrogen) atoms. The van der Waals surface area contributed by atoms with E-state index in [0.717, 1.165) is 0 Å². The number of alkyl halides is 3. The molecular formula is C12H14Cl2F3NO. The number of rotatable bonds is 6. The van der Waals surface area contributed by atoms with Crippen LogP contribution in [0.3, 0.4) is 0 Å². The van der Waals surface area contributed by atoms with Crippen LogP contribution in [0.2, 0.25) is 10.0 Å². The molecule has 0 bridgehead atoms. The Morgan fingerprint density at radius 2 is 1.95 bits per heavy atom. The Hall–Kier alpha value is -0.650. The highest BCUT2D eigenvalue weighted by atomic mass is 35.5. The second-order valence-corrected chi connectivity index (χ2v) is 4.71.